The summed E-state index contributed by atoms with van der Waals surface area (Å²) < 4.78 is 5.15. The predicted molar refractivity (Wildman–Crippen MR) is 113 cm³/mol. The monoisotopic (exact) mass is 388 g/mol. The Balaban J connectivity index is 1.68. The van der Waals surface area contributed by atoms with Gasteiger partial charge in [-0.2, -0.15) is 0 Å². The average Bonchev–Trinajstić information content (AvgIpc) is 2.78. The molecule has 5 heteroatoms. The Kier molecular flexibility index (Phi) is 7.00. The van der Waals surface area contributed by atoms with Crippen molar-refractivity contribution in [2.24, 2.45) is 0 Å². The summed E-state index contributed by atoms with van der Waals surface area (Å²) in [5.41, 5.74) is 2.45. The molecule has 0 heterocycles. The van der Waals surface area contributed by atoms with E-state index in [0.717, 1.165) is 16.9 Å². The molecule has 0 aliphatic heterocycles. The van der Waals surface area contributed by atoms with Crippen molar-refractivity contribution >= 4 is 11.8 Å². The van der Waals surface area contributed by atoms with Gasteiger partial charge in [-0.25, -0.2) is 0 Å². The topological polar surface area (TPSA) is 67.4 Å². The van der Waals surface area contributed by atoms with Crippen molar-refractivity contribution < 1.29 is 14.3 Å². The van der Waals surface area contributed by atoms with Crippen LogP contribution in [-0.2, 0) is 17.8 Å². The molecule has 5 nitrogen and oxygen atoms in total. The van der Waals surface area contributed by atoms with Crippen molar-refractivity contribution in [3.63, 3.8) is 0 Å². The van der Waals surface area contributed by atoms with E-state index in [1.54, 1.807) is 31.4 Å². The molecule has 0 spiro atoms. The van der Waals surface area contributed by atoms with Crippen molar-refractivity contribution in [3.05, 3.63) is 102 Å². The maximum atomic E-state index is 12.9. The molecule has 1 unspecified atom stereocenters. The lowest BCUT2D eigenvalue weighted by Crippen LogP contribution is -2.47. The van der Waals surface area contributed by atoms with Gasteiger partial charge in [0.05, 0.1) is 7.11 Å². The fourth-order valence-electron chi connectivity index (χ4n) is 2.95. The van der Waals surface area contributed by atoms with Crippen LogP contribution >= 0.6 is 0 Å². The van der Waals surface area contributed by atoms with Gasteiger partial charge in [0.25, 0.3) is 5.91 Å². The van der Waals surface area contributed by atoms with Crippen LogP contribution in [0.4, 0.5) is 0 Å². The van der Waals surface area contributed by atoms with Crippen molar-refractivity contribution in [3.8, 4) is 5.75 Å². The summed E-state index contributed by atoms with van der Waals surface area (Å²) in [5.74, 6) is 0.261. The Morgan fingerprint density at radius 1 is 0.828 bits per heavy atom. The van der Waals surface area contributed by atoms with Gasteiger partial charge < -0.3 is 15.4 Å². The molecule has 0 bridgehead atoms. The summed E-state index contributed by atoms with van der Waals surface area (Å²) in [5, 5.41) is 5.78. The zero-order valence-electron chi connectivity index (χ0n) is 16.3. The Morgan fingerprint density at radius 3 is 2.07 bits per heavy atom. The minimum absolute atomic E-state index is 0.228. The number of hydrogen-bond acceptors (Lipinski definition) is 3. The molecule has 0 aliphatic carbocycles. The Hall–Kier alpha value is -3.60. The zero-order chi connectivity index (χ0) is 20.5. The van der Waals surface area contributed by atoms with Gasteiger partial charge in [0.15, 0.2) is 0 Å². The van der Waals surface area contributed by atoms with Crippen LogP contribution < -0.4 is 15.4 Å². The predicted octanol–water partition coefficient (Wildman–Crippen LogP) is 3.35. The molecule has 3 aromatic rings. The molecule has 3 rings (SSSR count). The summed E-state index contributed by atoms with van der Waals surface area (Å²) in [7, 11) is 1.61. The number of benzene rings is 3. The van der Waals surface area contributed by atoms with Crippen LogP contribution in [0.5, 0.6) is 5.75 Å². The standard InChI is InChI=1S/C24H24N2O3/c1-29-21-14-12-19(13-15-21)17-25-24(28)22(16-18-8-4-2-5-9-18)26-23(27)20-10-6-3-7-11-20/h2-15,22H,16-17H2,1H3,(H,25,28)(H,26,27). The summed E-state index contributed by atoms with van der Waals surface area (Å²) in [6, 6.07) is 25.3. The van der Waals surface area contributed by atoms with E-state index in [4.69, 9.17) is 4.74 Å². The van der Waals surface area contributed by atoms with E-state index in [1.165, 1.54) is 0 Å². The molecular formula is C24H24N2O3. The highest BCUT2D eigenvalue weighted by atomic mass is 16.5. The molecule has 2 amide bonds. The normalized spacial score (nSPS) is 11.3. The minimum atomic E-state index is -0.677. The maximum Gasteiger partial charge on any atom is 0.251 e. The third-order valence-corrected chi connectivity index (χ3v) is 4.57. The van der Waals surface area contributed by atoms with Crippen molar-refractivity contribution in [2.75, 3.05) is 7.11 Å². The third kappa shape index (κ3) is 5.94. The molecule has 0 saturated carbocycles. The minimum Gasteiger partial charge on any atom is -0.497 e. The lowest BCUT2D eigenvalue weighted by atomic mass is 10.0. The van der Waals surface area contributed by atoms with Gasteiger partial charge >= 0.3 is 0 Å². The molecule has 0 aliphatic rings. The second-order valence-electron chi connectivity index (χ2n) is 6.65. The van der Waals surface area contributed by atoms with Crippen LogP contribution in [0.15, 0.2) is 84.9 Å². The third-order valence-electron chi connectivity index (χ3n) is 4.57. The Bertz CT molecular complexity index is 925. The molecule has 29 heavy (non-hydrogen) atoms. The summed E-state index contributed by atoms with van der Waals surface area (Å²) in [6.45, 7) is 0.370. The second kappa shape index (κ2) is 10.1. The molecule has 0 saturated heterocycles. The van der Waals surface area contributed by atoms with E-state index in [2.05, 4.69) is 10.6 Å². The van der Waals surface area contributed by atoms with Crippen LogP contribution in [-0.4, -0.2) is 25.0 Å². The number of carbonyl (C=O) groups is 2. The summed E-state index contributed by atoms with van der Waals surface area (Å²) >= 11 is 0. The van der Waals surface area contributed by atoms with E-state index < -0.39 is 6.04 Å². The van der Waals surface area contributed by atoms with Crippen LogP contribution in [0.1, 0.15) is 21.5 Å². The smallest absolute Gasteiger partial charge is 0.251 e. The molecule has 2 N–H and O–H groups in total. The van der Waals surface area contributed by atoms with Crippen LogP contribution in [0.3, 0.4) is 0 Å². The van der Waals surface area contributed by atoms with Crippen LogP contribution in [0.25, 0.3) is 0 Å². The number of carbonyl (C=O) groups excluding carboxylic acids is 2. The van der Waals surface area contributed by atoms with Crippen molar-refractivity contribution in [1.82, 2.24) is 10.6 Å². The Morgan fingerprint density at radius 2 is 1.45 bits per heavy atom. The second-order valence-corrected chi connectivity index (χ2v) is 6.65. The number of methoxy groups -OCH3 is 1. The number of nitrogens with one attached hydrogen (secondary N) is 2. The van der Waals surface area contributed by atoms with E-state index in [9.17, 15) is 9.59 Å². The van der Waals surface area contributed by atoms with E-state index in [1.807, 2.05) is 60.7 Å². The highest BCUT2D eigenvalue weighted by Crippen LogP contribution is 2.11. The quantitative estimate of drug-likeness (QED) is 0.622. The maximum absolute atomic E-state index is 12.9. The van der Waals surface area contributed by atoms with Gasteiger partial charge in [-0.1, -0.05) is 60.7 Å². The van der Waals surface area contributed by atoms with E-state index in [0.29, 0.717) is 18.5 Å². The fraction of sp³-hybridized carbons (Fsp3) is 0.167. The first-order valence-corrected chi connectivity index (χ1v) is 9.46. The highest BCUT2D eigenvalue weighted by Gasteiger charge is 2.21. The lowest BCUT2D eigenvalue weighted by Gasteiger charge is -2.19. The summed E-state index contributed by atoms with van der Waals surface area (Å²) in [4.78, 5) is 25.4. The molecule has 148 valence electrons. The molecule has 0 fully saturated rings. The van der Waals surface area contributed by atoms with Gasteiger partial charge in [-0.05, 0) is 35.4 Å². The largest absolute Gasteiger partial charge is 0.497 e. The highest BCUT2D eigenvalue weighted by molar-refractivity contribution is 5.97. The number of rotatable bonds is 8. The molecule has 3 aromatic carbocycles. The first-order valence-electron chi connectivity index (χ1n) is 9.46. The zero-order valence-corrected chi connectivity index (χ0v) is 16.3. The molecule has 0 aromatic heterocycles. The van der Waals surface area contributed by atoms with Gasteiger partial charge in [0.2, 0.25) is 5.91 Å². The van der Waals surface area contributed by atoms with Crippen LogP contribution in [0.2, 0.25) is 0 Å². The van der Waals surface area contributed by atoms with Gasteiger partial charge in [0.1, 0.15) is 11.8 Å². The molecule has 1 atom stereocenters. The number of ether oxygens (including phenoxy) is 1. The van der Waals surface area contributed by atoms with Crippen molar-refractivity contribution in [1.29, 1.82) is 0 Å². The van der Waals surface area contributed by atoms with Gasteiger partial charge in [0, 0.05) is 18.5 Å². The lowest BCUT2D eigenvalue weighted by molar-refractivity contribution is -0.123. The van der Waals surface area contributed by atoms with Crippen molar-refractivity contribution in [2.45, 2.75) is 19.0 Å². The van der Waals surface area contributed by atoms with Gasteiger partial charge in [-0.3, -0.25) is 9.59 Å². The van der Waals surface area contributed by atoms with E-state index >= 15 is 0 Å². The van der Waals surface area contributed by atoms with Crippen LogP contribution in [0, 0.1) is 0 Å². The first kappa shape index (κ1) is 20.1. The van der Waals surface area contributed by atoms with E-state index in [-0.39, 0.29) is 11.8 Å². The fourth-order valence-corrected chi connectivity index (χ4v) is 2.95. The number of amides is 2. The number of hydrogen-bond donors (Lipinski definition) is 2. The SMILES string of the molecule is COc1ccc(CNC(=O)C(Cc2ccccc2)NC(=O)c2ccccc2)cc1. The molecular weight excluding hydrogens is 364 g/mol. The van der Waals surface area contributed by atoms with Gasteiger partial charge in [-0.15, -0.1) is 0 Å². The average molecular weight is 388 g/mol. The summed E-state index contributed by atoms with van der Waals surface area (Å²) in [6.07, 6.45) is 0.411. The molecule has 0 radical (unpaired) electrons. The first-order chi connectivity index (χ1) is 14.2. The Labute approximate surface area is 170 Å².